The van der Waals surface area contributed by atoms with Gasteiger partial charge in [-0.25, -0.2) is 0 Å². The third-order valence-corrected chi connectivity index (χ3v) is 2.26. The highest BCUT2D eigenvalue weighted by atomic mass is 16.5. The van der Waals surface area contributed by atoms with Crippen molar-refractivity contribution >= 4 is 5.69 Å². The van der Waals surface area contributed by atoms with E-state index in [4.69, 9.17) is 14.7 Å². The Labute approximate surface area is 95.8 Å². The average Bonchev–Trinajstić information content (AvgIpc) is 2.35. The molecule has 0 aromatic heterocycles. The van der Waals surface area contributed by atoms with Gasteiger partial charge in [0.1, 0.15) is 17.5 Å². The molecule has 0 amide bonds. The van der Waals surface area contributed by atoms with E-state index in [2.05, 4.69) is 11.4 Å². The van der Waals surface area contributed by atoms with E-state index >= 15 is 0 Å². The number of nitrogens with zero attached hydrogens (tertiary/aromatic N) is 1. The molecular formula is C12H16N2O2. The Kier molecular flexibility index (Phi) is 4.46. The summed E-state index contributed by atoms with van der Waals surface area (Å²) in [4.78, 5) is 0. The monoisotopic (exact) mass is 220 g/mol. The zero-order chi connectivity index (χ0) is 12.0. The van der Waals surface area contributed by atoms with Crippen LogP contribution in [0.15, 0.2) is 18.2 Å². The van der Waals surface area contributed by atoms with Crippen molar-refractivity contribution in [1.82, 2.24) is 0 Å². The van der Waals surface area contributed by atoms with Gasteiger partial charge in [-0.1, -0.05) is 6.92 Å². The number of hydrogen-bond donors (Lipinski definition) is 1. The van der Waals surface area contributed by atoms with E-state index in [1.54, 1.807) is 20.3 Å². The maximum Gasteiger partial charge on any atom is 0.124 e. The zero-order valence-corrected chi connectivity index (χ0v) is 9.78. The Morgan fingerprint density at radius 1 is 1.25 bits per heavy atom. The Morgan fingerprint density at radius 2 is 1.81 bits per heavy atom. The summed E-state index contributed by atoms with van der Waals surface area (Å²) in [6.07, 6.45) is 0.746. The molecule has 0 bridgehead atoms. The van der Waals surface area contributed by atoms with E-state index in [0.29, 0.717) is 11.5 Å². The van der Waals surface area contributed by atoms with Crippen molar-refractivity contribution in [3.63, 3.8) is 0 Å². The summed E-state index contributed by atoms with van der Waals surface area (Å²) < 4.78 is 10.3. The van der Waals surface area contributed by atoms with E-state index in [9.17, 15) is 0 Å². The lowest BCUT2D eigenvalue weighted by atomic mass is 10.2. The van der Waals surface area contributed by atoms with Gasteiger partial charge in [0, 0.05) is 23.9 Å². The van der Waals surface area contributed by atoms with Crippen LogP contribution in [0, 0.1) is 11.3 Å². The van der Waals surface area contributed by atoms with Crippen LogP contribution in [-0.2, 0) is 0 Å². The van der Waals surface area contributed by atoms with Gasteiger partial charge in [0.2, 0.25) is 0 Å². The van der Waals surface area contributed by atoms with Crippen molar-refractivity contribution < 1.29 is 9.47 Å². The second-order valence-electron chi connectivity index (χ2n) is 3.34. The maximum atomic E-state index is 8.87. The summed E-state index contributed by atoms with van der Waals surface area (Å²) in [5.74, 6) is 1.41. The van der Waals surface area contributed by atoms with Gasteiger partial charge >= 0.3 is 0 Å². The van der Waals surface area contributed by atoms with Crippen molar-refractivity contribution in [2.45, 2.75) is 19.4 Å². The molecule has 0 saturated carbocycles. The Hall–Kier alpha value is -1.89. The fourth-order valence-electron chi connectivity index (χ4n) is 1.32. The van der Waals surface area contributed by atoms with Crippen molar-refractivity contribution in [3.05, 3.63) is 18.2 Å². The van der Waals surface area contributed by atoms with Gasteiger partial charge in [-0.2, -0.15) is 5.26 Å². The van der Waals surface area contributed by atoms with Crippen LogP contribution < -0.4 is 14.8 Å². The number of rotatable bonds is 5. The van der Waals surface area contributed by atoms with Crippen LogP contribution in [0.3, 0.4) is 0 Å². The molecule has 16 heavy (non-hydrogen) atoms. The lowest BCUT2D eigenvalue weighted by Gasteiger charge is -2.13. The van der Waals surface area contributed by atoms with Crippen molar-refractivity contribution in [2.75, 3.05) is 19.5 Å². The summed E-state index contributed by atoms with van der Waals surface area (Å²) in [6, 6.07) is 7.45. The predicted octanol–water partition coefficient (Wildman–Crippen LogP) is 2.42. The number of ether oxygens (including phenoxy) is 2. The highest BCUT2D eigenvalue weighted by molar-refractivity contribution is 5.54. The Morgan fingerprint density at radius 3 is 2.19 bits per heavy atom. The maximum absolute atomic E-state index is 8.87. The summed E-state index contributed by atoms with van der Waals surface area (Å²) >= 11 is 0. The van der Waals surface area contributed by atoms with Crippen LogP contribution in [0.1, 0.15) is 13.3 Å². The minimum atomic E-state index is -0.197. The summed E-state index contributed by atoms with van der Waals surface area (Å²) in [6.45, 7) is 1.96. The van der Waals surface area contributed by atoms with Crippen LogP contribution >= 0.6 is 0 Å². The fraction of sp³-hybridized carbons (Fsp3) is 0.417. The molecule has 1 atom stereocenters. The minimum Gasteiger partial charge on any atom is -0.497 e. The van der Waals surface area contributed by atoms with E-state index in [-0.39, 0.29) is 6.04 Å². The van der Waals surface area contributed by atoms with Gasteiger partial charge in [0.05, 0.1) is 20.3 Å². The Bertz CT molecular complexity index is 363. The van der Waals surface area contributed by atoms with Gasteiger partial charge in [-0.3, -0.25) is 0 Å². The summed E-state index contributed by atoms with van der Waals surface area (Å²) in [5, 5.41) is 12.0. The SMILES string of the molecule is CCC(C#N)Nc1cc(OC)cc(OC)c1. The highest BCUT2D eigenvalue weighted by Crippen LogP contribution is 2.26. The molecule has 1 unspecified atom stereocenters. The molecule has 1 aromatic carbocycles. The van der Waals surface area contributed by atoms with E-state index in [1.807, 2.05) is 19.1 Å². The molecule has 4 nitrogen and oxygen atoms in total. The van der Waals surface area contributed by atoms with Crippen molar-refractivity contribution in [1.29, 1.82) is 5.26 Å². The van der Waals surface area contributed by atoms with Crippen LogP contribution in [0.4, 0.5) is 5.69 Å². The molecule has 1 aromatic rings. The number of hydrogen-bond acceptors (Lipinski definition) is 4. The van der Waals surface area contributed by atoms with Crippen LogP contribution in [-0.4, -0.2) is 20.3 Å². The summed E-state index contributed by atoms with van der Waals surface area (Å²) in [7, 11) is 3.19. The van der Waals surface area contributed by atoms with Gasteiger partial charge < -0.3 is 14.8 Å². The molecule has 0 radical (unpaired) electrons. The lowest BCUT2D eigenvalue weighted by Crippen LogP contribution is -2.15. The van der Waals surface area contributed by atoms with Gasteiger partial charge in [0.15, 0.2) is 0 Å². The smallest absolute Gasteiger partial charge is 0.124 e. The van der Waals surface area contributed by atoms with Gasteiger partial charge in [-0.05, 0) is 6.42 Å². The topological polar surface area (TPSA) is 54.3 Å². The first-order valence-corrected chi connectivity index (χ1v) is 5.12. The first-order chi connectivity index (χ1) is 7.73. The molecule has 0 aliphatic heterocycles. The van der Waals surface area contributed by atoms with Gasteiger partial charge in [0.25, 0.3) is 0 Å². The van der Waals surface area contributed by atoms with E-state index < -0.39 is 0 Å². The van der Waals surface area contributed by atoms with E-state index in [1.165, 1.54) is 0 Å². The predicted molar refractivity (Wildman–Crippen MR) is 62.9 cm³/mol. The normalized spacial score (nSPS) is 11.4. The van der Waals surface area contributed by atoms with Crippen molar-refractivity contribution in [2.24, 2.45) is 0 Å². The highest BCUT2D eigenvalue weighted by Gasteiger charge is 2.06. The third kappa shape index (κ3) is 3.06. The fourth-order valence-corrected chi connectivity index (χ4v) is 1.32. The second kappa shape index (κ2) is 5.86. The molecule has 1 rings (SSSR count). The van der Waals surface area contributed by atoms with Crippen molar-refractivity contribution in [3.8, 4) is 17.6 Å². The number of nitrogens with one attached hydrogen (secondary N) is 1. The number of methoxy groups -OCH3 is 2. The molecular weight excluding hydrogens is 204 g/mol. The molecule has 4 heteroatoms. The van der Waals surface area contributed by atoms with Gasteiger partial charge in [-0.15, -0.1) is 0 Å². The van der Waals surface area contributed by atoms with Crippen LogP contribution in [0.25, 0.3) is 0 Å². The van der Waals surface area contributed by atoms with Crippen LogP contribution in [0.5, 0.6) is 11.5 Å². The standard InChI is InChI=1S/C12H16N2O2/c1-4-9(8-13)14-10-5-11(15-2)7-12(6-10)16-3/h5-7,9,14H,4H2,1-3H3. The first kappa shape index (κ1) is 12.2. The summed E-state index contributed by atoms with van der Waals surface area (Å²) in [5.41, 5.74) is 0.824. The Balaban J connectivity index is 2.91. The largest absolute Gasteiger partial charge is 0.497 e. The zero-order valence-electron chi connectivity index (χ0n) is 9.78. The minimum absolute atomic E-state index is 0.197. The molecule has 0 aliphatic rings. The van der Waals surface area contributed by atoms with Crippen LogP contribution in [0.2, 0.25) is 0 Å². The quantitative estimate of drug-likeness (QED) is 0.828. The number of anilines is 1. The lowest BCUT2D eigenvalue weighted by molar-refractivity contribution is 0.394. The van der Waals surface area contributed by atoms with E-state index in [0.717, 1.165) is 12.1 Å². The molecule has 0 aliphatic carbocycles. The number of benzene rings is 1. The molecule has 0 fully saturated rings. The molecule has 0 saturated heterocycles. The number of nitriles is 1. The second-order valence-corrected chi connectivity index (χ2v) is 3.34. The molecule has 0 spiro atoms. The molecule has 1 N–H and O–H groups in total. The average molecular weight is 220 g/mol. The molecule has 86 valence electrons. The third-order valence-electron chi connectivity index (χ3n) is 2.26. The first-order valence-electron chi connectivity index (χ1n) is 5.12. The molecule has 0 heterocycles.